The third-order valence-electron chi connectivity index (χ3n) is 5.26. The number of piperazine rings is 1. The number of para-hydroxylation sites is 2. The van der Waals surface area contributed by atoms with Gasteiger partial charge in [-0.1, -0.05) is 47.6 Å². The first-order valence-corrected chi connectivity index (χ1v) is 11.6. The maximum atomic E-state index is 14.1. The summed E-state index contributed by atoms with van der Waals surface area (Å²) in [6.07, 6.45) is 1.51. The van der Waals surface area contributed by atoms with Gasteiger partial charge in [0.05, 0.1) is 22.2 Å². The molecule has 3 aromatic rings. The van der Waals surface area contributed by atoms with Gasteiger partial charge >= 0.3 is 0 Å². The number of rotatable bonds is 6. The lowest BCUT2D eigenvalue weighted by atomic mass is 10.2. The van der Waals surface area contributed by atoms with Crippen molar-refractivity contribution in [1.29, 1.82) is 0 Å². The summed E-state index contributed by atoms with van der Waals surface area (Å²) in [5.41, 5.74) is 2.18. The molecule has 0 radical (unpaired) electrons. The lowest BCUT2D eigenvalue weighted by Crippen LogP contribution is -2.47. The molecule has 0 atom stereocenters. The molecule has 32 heavy (non-hydrogen) atoms. The molecule has 0 spiro atoms. The maximum absolute atomic E-state index is 14.1. The number of carbonyl (C=O) groups excluding carboxylic acids is 1. The van der Waals surface area contributed by atoms with Gasteiger partial charge in [0, 0.05) is 32.2 Å². The van der Waals surface area contributed by atoms with Crippen LogP contribution in [0.1, 0.15) is 5.56 Å². The number of thioether (sulfide) groups is 1. The van der Waals surface area contributed by atoms with Crippen molar-refractivity contribution in [2.24, 2.45) is 0 Å². The Morgan fingerprint density at radius 3 is 2.59 bits per heavy atom. The van der Waals surface area contributed by atoms with Crippen LogP contribution in [-0.4, -0.2) is 47.8 Å². The lowest BCUT2D eigenvalue weighted by molar-refractivity contribution is -0.113. The Kier molecular flexibility index (Phi) is 7.12. The third-order valence-corrected chi connectivity index (χ3v) is 6.50. The largest absolute Gasteiger partial charge is 0.366 e. The van der Waals surface area contributed by atoms with E-state index in [1.54, 1.807) is 18.2 Å². The number of aromatic nitrogens is 2. The zero-order valence-electron chi connectivity index (χ0n) is 17.6. The number of benzene rings is 2. The Hall–Kier alpha value is -2.84. The van der Waals surface area contributed by atoms with Gasteiger partial charge in [-0.3, -0.25) is 4.79 Å². The Balaban J connectivity index is 1.33. The fourth-order valence-corrected chi connectivity index (χ4v) is 4.50. The summed E-state index contributed by atoms with van der Waals surface area (Å²) in [7, 11) is 0. The molecule has 1 fully saturated rings. The van der Waals surface area contributed by atoms with Crippen LogP contribution in [0.25, 0.3) is 0 Å². The summed E-state index contributed by atoms with van der Waals surface area (Å²) < 4.78 is 14.1. The molecule has 4 rings (SSSR count). The van der Waals surface area contributed by atoms with E-state index < -0.39 is 0 Å². The van der Waals surface area contributed by atoms with Crippen molar-refractivity contribution >= 4 is 46.5 Å². The number of halogens is 2. The molecule has 1 aliphatic heterocycles. The average Bonchev–Trinajstić information content (AvgIpc) is 2.81. The van der Waals surface area contributed by atoms with E-state index in [-0.39, 0.29) is 17.5 Å². The predicted molar refractivity (Wildman–Crippen MR) is 128 cm³/mol. The second-order valence-corrected chi connectivity index (χ2v) is 8.81. The van der Waals surface area contributed by atoms with Crippen LogP contribution in [0.2, 0.25) is 5.02 Å². The fourth-order valence-electron chi connectivity index (χ4n) is 3.57. The number of nitrogens with one attached hydrogen (secondary N) is 1. The first kappa shape index (κ1) is 22.4. The zero-order valence-corrected chi connectivity index (χ0v) is 19.2. The van der Waals surface area contributed by atoms with Crippen LogP contribution >= 0.6 is 23.4 Å². The minimum atomic E-state index is -0.202. The van der Waals surface area contributed by atoms with E-state index >= 15 is 0 Å². The van der Waals surface area contributed by atoms with Crippen molar-refractivity contribution in [2.45, 2.75) is 11.9 Å². The molecule has 1 aromatic heterocycles. The van der Waals surface area contributed by atoms with Crippen molar-refractivity contribution in [2.75, 3.05) is 47.0 Å². The van der Waals surface area contributed by atoms with E-state index in [9.17, 15) is 9.18 Å². The van der Waals surface area contributed by atoms with Gasteiger partial charge < -0.3 is 15.1 Å². The molecule has 2 heterocycles. The zero-order chi connectivity index (χ0) is 22.5. The molecular formula is C23H23ClFN5OS. The van der Waals surface area contributed by atoms with Gasteiger partial charge in [-0.05, 0) is 30.7 Å². The summed E-state index contributed by atoms with van der Waals surface area (Å²) in [5, 5.41) is 4.11. The van der Waals surface area contributed by atoms with Crippen molar-refractivity contribution in [3.63, 3.8) is 0 Å². The molecule has 1 N–H and O–H groups in total. The van der Waals surface area contributed by atoms with Crippen molar-refractivity contribution in [3.05, 3.63) is 71.3 Å². The molecular weight excluding hydrogens is 449 g/mol. The summed E-state index contributed by atoms with van der Waals surface area (Å²) in [6.45, 7) is 4.75. The van der Waals surface area contributed by atoms with Gasteiger partial charge in [-0.25, -0.2) is 14.4 Å². The Morgan fingerprint density at radius 2 is 1.84 bits per heavy atom. The van der Waals surface area contributed by atoms with Crippen LogP contribution in [0, 0.1) is 12.7 Å². The average molecular weight is 472 g/mol. The molecule has 0 unspecified atom stereocenters. The molecule has 9 heteroatoms. The number of hydrogen-bond acceptors (Lipinski definition) is 6. The van der Waals surface area contributed by atoms with E-state index in [0.29, 0.717) is 29.5 Å². The van der Waals surface area contributed by atoms with Crippen LogP contribution in [0.3, 0.4) is 0 Å². The molecule has 0 saturated carbocycles. The predicted octanol–water partition coefficient (Wildman–Crippen LogP) is 4.63. The number of hydrogen-bond donors (Lipinski definition) is 1. The van der Waals surface area contributed by atoms with Crippen LogP contribution in [0.4, 0.5) is 21.6 Å². The highest BCUT2D eigenvalue weighted by atomic mass is 35.5. The highest BCUT2D eigenvalue weighted by Gasteiger charge is 2.20. The summed E-state index contributed by atoms with van der Waals surface area (Å²) in [5.74, 6) is 0.664. The molecule has 2 aromatic carbocycles. The number of anilines is 3. The fraction of sp³-hybridized carbons (Fsp3) is 0.261. The van der Waals surface area contributed by atoms with Crippen molar-refractivity contribution in [3.8, 4) is 0 Å². The van der Waals surface area contributed by atoms with Crippen molar-refractivity contribution in [1.82, 2.24) is 9.97 Å². The minimum Gasteiger partial charge on any atom is -0.366 e. The molecule has 1 amide bonds. The van der Waals surface area contributed by atoms with Crippen LogP contribution in [-0.2, 0) is 4.79 Å². The Bertz CT molecular complexity index is 1090. The summed E-state index contributed by atoms with van der Waals surface area (Å²) >= 11 is 7.53. The Morgan fingerprint density at radius 1 is 1.09 bits per heavy atom. The van der Waals surface area contributed by atoms with Gasteiger partial charge in [-0.2, -0.15) is 0 Å². The van der Waals surface area contributed by atoms with Gasteiger partial charge in [-0.15, -0.1) is 0 Å². The molecule has 0 aliphatic carbocycles. The van der Waals surface area contributed by atoms with Gasteiger partial charge in [0.25, 0.3) is 0 Å². The van der Waals surface area contributed by atoms with Gasteiger partial charge in [0.15, 0.2) is 0 Å². The summed E-state index contributed by atoms with van der Waals surface area (Å²) in [6, 6.07) is 14.2. The lowest BCUT2D eigenvalue weighted by Gasteiger charge is -2.36. The number of carbonyl (C=O) groups is 1. The maximum Gasteiger partial charge on any atom is 0.234 e. The smallest absolute Gasteiger partial charge is 0.234 e. The number of aryl methyl sites for hydroxylation is 1. The van der Waals surface area contributed by atoms with Gasteiger partial charge in [0.2, 0.25) is 5.91 Å². The number of amides is 1. The van der Waals surface area contributed by atoms with Crippen LogP contribution in [0.15, 0.2) is 59.9 Å². The van der Waals surface area contributed by atoms with E-state index in [2.05, 4.69) is 20.2 Å². The van der Waals surface area contributed by atoms with E-state index in [0.717, 1.165) is 29.5 Å². The van der Waals surface area contributed by atoms with E-state index in [1.807, 2.05) is 36.1 Å². The molecule has 1 aliphatic rings. The molecule has 1 saturated heterocycles. The molecule has 6 nitrogen and oxygen atoms in total. The van der Waals surface area contributed by atoms with E-state index in [4.69, 9.17) is 11.6 Å². The first-order chi connectivity index (χ1) is 15.5. The highest BCUT2D eigenvalue weighted by Crippen LogP contribution is 2.27. The SMILES string of the molecule is Cc1cccc(Cl)c1NC(=O)CSc1cc(N2CCN(c3ccccc3F)CC2)ncn1. The standard InChI is InChI=1S/C23H23ClFN5OS/c1-16-5-4-6-17(24)23(16)28-21(31)14-32-22-13-20(26-15-27-22)30-11-9-29(10-12-30)19-8-3-2-7-18(19)25/h2-8,13,15H,9-12,14H2,1H3,(H,28,31). The monoisotopic (exact) mass is 471 g/mol. The quantitative estimate of drug-likeness (QED) is 0.417. The molecule has 0 bridgehead atoms. The van der Waals surface area contributed by atoms with Crippen LogP contribution in [0.5, 0.6) is 0 Å². The molecule has 166 valence electrons. The first-order valence-electron chi connectivity index (χ1n) is 10.3. The minimum absolute atomic E-state index is 0.148. The van der Waals surface area contributed by atoms with Crippen LogP contribution < -0.4 is 15.1 Å². The van der Waals surface area contributed by atoms with E-state index in [1.165, 1.54) is 24.2 Å². The second kappa shape index (κ2) is 10.2. The Labute approximate surface area is 195 Å². The van der Waals surface area contributed by atoms with Gasteiger partial charge in [0.1, 0.15) is 23.0 Å². The third kappa shape index (κ3) is 5.31. The number of nitrogens with zero attached hydrogens (tertiary/aromatic N) is 4. The normalized spacial score (nSPS) is 13.8. The van der Waals surface area contributed by atoms with Crippen molar-refractivity contribution < 1.29 is 9.18 Å². The topological polar surface area (TPSA) is 61.4 Å². The second-order valence-electron chi connectivity index (χ2n) is 7.41. The summed E-state index contributed by atoms with van der Waals surface area (Å²) in [4.78, 5) is 25.3. The highest BCUT2D eigenvalue weighted by molar-refractivity contribution is 7.99.